The minimum atomic E-state index is -0.954. The van der Waals surface area contributed by atoms with E-state index in [0.717, 1.165) is 22.5 Å². The van der Waals surface area contributed by atoms with Gasteiger partial charge in [0.25, 0.3) is 0 Å². The van der Waals surface area contributed by atoms with Gasteiger partial charge in [-0.2, -0.15) is 5.26 Å². The van der Waals surface area contributed by atoms with Gasteiger partial charge in [0.2, 0.25) is 0 Å². The third kappa shape index (κ3) is 4.34. The Labute approximate surface area is 162 Å². The lowest BCUT2D eigenvalue weighted by Crippen LogP contribution is -2.35. The largest absolute Gasteiger partial charge is 0.389 e. The summed E-state index contributed by atoms with van der Waals surface area (Å²) in [5.74, 6) is -1.59. The Morgan fingerprint density at radius 2 is 2.04 bits per heavy atom. The van der Waals surface area contributed by atoms with Crippen molar-refractivity contribution in [2.75, 3.05) is 0 Å². The van der Waals surface area contributed by atoms with Crippen molar-refractivity contribution >= 4 is 28.9 Å². The van der Waals surface area contributed by atoms with Crippen LogP contribution in [0.2, 0.25) is 0 Å². The Morgan fingerprint density at radius 1 is 1.25 bits per heavy atom. The summed E-state index contributed by atoms with van der Waals surface area (Å²) in [5, 5.41) is 9.89. The van der Waals surface area contributed by atoms with Gasteiger partial charge in [-0.15, -0.1) is 0 Å². The smallest absolute Gasteiger partial charge is 0.338 e. The van der Waals surface area contributed by atoms with Crippen LogP contribution in [0.3, 0.4) is 0 Å². The van der Waals surface area contributed by atoms with Gasteiger partial charge in [-0.3, -0.25) is 0 Å². The van der Waals surface area contributed by atoms with E-state index in [-0.39, 0.29) is 6.42 Å². The van der Waals surface area contributed by atoms with E-state index in [4.69, 9.17) is 15.7 Å². The van der Waals surface area contributed by atoms with Gasteiger partial charge < -0.3 is 15.0 Å². The fourth-order valence-electron chi connectivity index (χ4n) is 2.99. The van der Waals surface area contributed by atoms with Gasteiger partial charge >= 0.3 is 11.9 Å². The lowest BCUT2D eigenvalue weighted by atomic mass is 10.1. The van der Waals surface area contributed by atoms with E-state index in [0.29, 0.717) is 11.1 Å². The highest BCUT2D eigenvalue weighted by molar-refractivity contribution is 5.96. The van der Waals surface area contributed by atoms with Gasteiger partial charge in [0.05, 0.1) is 11.6 Å². The van der Waals surface area contributed by atoms with Crippen molar-refractivity contribution in [1.29, 1.82) is 5.26 Å². The molecule has 6 nitrogen and oxygen atoms in total. The predicted octanol–water partition coefficient (Wildman–Crippen LogP) is 2.70. The molecule has 0 fully saturated rings. The van der Waals surface area contributed by atoms with Gasteiger partial charge in [-0.05, 0) is 35.4 Å². The van der Waals surface area contributed by atoms with Crippen LogP contribution in [-0.2, 0) is 27.8 Å². The number of carbonyl (C=O) groups excluding carboxylic acids is 2. The van der Waals surface area contributed by atoms with Crippen LogP contribution in [-0.4, -0.2) is 22.5 Å². The summed E-state index contributed by atoms with van der Waals surface area (Å²) in [4.78, 5) is 24.1. The molecular weight excluding hydrogens is 354 g/mol. The number of nitriles is 1. The van der Waals surface area contributed by atoms with E-state index in [1.807, 2.05) is 48.1 Å². The van der Waals surface area contributed by atoms with Crippen LogP contribution < -0.4 is 5.73 Å². The third-order valence-electron chi connectivity index (χ3n) is 4.35. The van der Waals surface area contributed by atoms with E-state index in [1.54, 1.807) is 24.3 Å². The Kier molecular flexibility index (Phi) is 5.68. The van der Waals surface area contributed by atoms with Gasteiger partial charge in [-0.1, -0.05) is 30.3 Å². The molecule has 0 saturated heterocycles. The average molecular weight is 373 g/mol. The molecule has 2 aromatic carbocycles. The Hall–Kier alpha value is -3.69. The molecule has 6 heteroatoms. The van der Waals surface area contributed by atoms with Crippen LogP contribution in [0.15, 0.2) is 60.8 Å². The quantitative estimate of drug-likeness (QED) is 0.421. The van der Waals surface area contributed by atoms with Crippen molar-refractivity contribution in [2.24, 2.45) is 12.8 Å². The van der Waals surface area contributed by atoms with Crippen LogP contribution in [0, 0.1) is 11.3 Å². The zero-order chi connectivity index (χ0) is 20.1. The number of hydrogen-bond donors (Lipinski definition) is 1. The molecule has 3 rings (SSSR count). The summed E-state index contributed by atoms with van der Waals surface area (Å²) in [7, 11) is 1.92. The Bertz CT molecular complexity index is 1110. The first-order valence-corrected chi connectivity index (χ1v) is 8.70. The van der Waals surface area contributed by atoms with Crippen LogP contribution in [0.1, 0.15) is 16.7 Å². The van der Waals surface area contributed by atoms with Gasteiger partial charge in [0.15, 0.2) is 0 Å². The van der Waals surface area contributed by atoms with Gasteiger partial charge in [0, 0.05) is 36.6 Å². The summed E-state index contributed by atoms with van der Waals surface area (Å²) >= 11 is 0. The average Bonchev–Trinajstić information content (AvgIpc) is 3.02. The molecule has 28 heavy (non-hydrogen) atoms. The molecule has 0 aliphatic heterocycles. The maximum absolute atomic E-state index is 12.2. The molecule has 0 unspecified atom stereocenters. The molecule has 1 heterocycles. The maximum Gasteiger partial charge on any atom is 0.338 e. The zero-order valence-corrected chi connectivity index (χ0v) is 15.3. The minimum Gasteiger partial charge on any atom is -0.389 e. The number of ether oxygens (including phenoxy) is 1. The fourth-order valence-corrected chi connectivity index (χ4v) is 2.99. The molecule has 140 valence electrons. The number of benzene rings is 2. The van der Waals surface area contributed by atoms with Crippen LogP contribution in [0.25, 0.3) is 17.0 Å². The highest BCUT2D eigenvalue weighted by Crippen LogP contribution is 2.21. The molecule has 3 aromatic rings. The number of aromatic nitrogens is 1. The molecule has 0 radical (unpaired) electrons. The molecule has 0 spiro atoms. The van der Waals surface area contributed by atoms with E-state index in [1.165, 1.54) is 6.08 Å². The topological polar surface area (TPSA) is 98.1 Å². The number of carbonyl (C=O) groups is 2. The maximum atomic E-state index is 12.2. The Balaban J connectivity index is 1.62. The van der Waals surface area contributed by atoms with E-state index in [9.17, 15) is 9.59 Å². The molecule has 0 aliphatic rings. The summed E-state index contributed by atoms with van der Waals surface area (Å²) in [6, 6.07) is 15.6. The van der Waals surface area contributed by atoms with E-state index >= 15 is 0 Å². The molecule has 1 aromatic heterocycles. The lowest BCUT2D eigenvalue weighted by Gasteiger charge is -2.09. The first-order chi connectivity index (χ1) is 13.5. The highest BCUT2D eigenvalue weighted by Gasteiger charge is 2.20. The summed E-state index contributed by atoms with van der Waals surface area (Å²) in [6.07, 6.45) is 4.80. The first-order valence-electron chi connectivity index (χ1n) is 8.70. The monoisotopic (exact) mass is 373 g/mol. The molecule has 0 amide bonds. The number of nitrogens with zero attached hydrogens (tertiary/aromatic N) is 2. The van der Waals surface area contributed by atoms with Crippen molar-refractivity contribution in [2.45, 2.75) is 12.5 Å². The molecular formula is C22H19N3O3. The van der Waals surface area contributed by atoms with Crippen molar-refractivity contribution in [1.82, 2.24) is 4.57 Å². The van der Waals surface area contributed by atoms with Crippen molar-refractivity contribution in [3.8, 4) is 6.07 Å². The standard InChI is InChI=1S/C22H19N3O3/c1-25-14-17(18-7-2-3-8-20(18)25)12-19(24)22(27)28-21(26)10-9-15-5-4-6-16(11-15)13-23/h2-11,14,19H,12,24H2,1H3/t19-/m0/s1. The SMILES string of the molecule is Cn1cc(C[C@H](N)C(=O)OC(=O)C=Cc2cccc(C#N)c2)c2ccccc21. The summed E-state index contributed by atoms with van der Waals surface area (Å²) in [6.45, 7) is 0. The number of aryl methyl sites for hydroxylation is 1. The number of fused-ring (bicyclic) bond motifs is 1. The van der Waals surface area contributed by atoms with Crippen LogP contribution in [0.5, 0.6) is 0 Å². The van der Waals surface area contributed by atoms with Crippen molar-refractivity contribution < 1.29 is 14.3 Å². The lowest BCUT2D eigenvalue weighted by molar-refractivity contribution is -0.157. The summed E-state index contributed by atoms with van der Waals surface area (Å²) < 4.78 is 6.78. The molecule has 0 saturated carbocycles. The Morgan fingerprint density at radius 3 is 2.82 bits per heavy atom. The van der Waals surface area contributed by atoms with Crippen molar-refractivity contribution in [3.05, 3.63) is 77.5 Å². The number of nitrogens with two attached hydrogens (primary N) is 1. The van der Waals surface area contributed by atoms with E-state index in [2.05, 4.69) is 0 Å². The van der Waals surface area contributed by atoms with Crippen LogP contribution >= 0.6 is 0 Å². The third-order valence-corrected chi connectivity index (χ3v) is 4.35. The molecule has 0 aliphatic carbocycles. The number of para-hydroxylation sites is 1. The predicted molar refractivity (Wildman–Crippen MR) is 106 cm³/mol. The van der Waals surface area contributed by atoms with Gasteiger partial charge in [0.1, 0.15) is 6.04 Å². The molecule has 0 bridgehead atoms. The number of esters is 2. The minimum absolute atomic E-state index is 0.265. The number of rotatable bonds is 5. The normalized spacial score (nSPS) is 12.0. The molecule has 1 atom stereocenters. The number of hydrogen-bond acceptors (Lipinski definition) is 5. The molecule has 2 N–H and O–H groups in total. The van der Waals surface area contributed by atoms with Crippen molar-refractivity contribution in [3.63, 3.8) is 0 Å². The fraction of sp³-hybridized carbons (Fsp3) is 0.136. The van der Waals surface area contributed by atoms with Crippen LogP contribution in [0.4, 0.5) is 0 Å². The zero-order valence-electron chi connectivity index (χ0n) is 15.3. The highest BCUT2D eigenvalue weighted by atomic mass is 16.6. The summed E-state index contributed by atoms with van der Waals surface area (Å²) in [5.41, 5.74) is 9.03. The van der Waals surface area contributed by atoms with E-state index < -0.39 is 18.0 Å². The second-order valence-electron chi connectivity index (χ2n) is 6.40. The first kappa shape index (κ1) is 19.1. The van der Waals surface area contributed by atoms with Gasteiger partial charge in [-0.25, -0.2) is 9.59 Å². The second kappa shape index (κ2) is 8.33. The second-order valence-corrected chi connectivity index (χ2v) is 6.40.